The van der Waals surface area contributed by atoms with Crippen molar-refractivity contribution in [1.29, 1.82) is 0 Å². The van der Waals surface area contributed by atoms with Crippen LogP contribution >= 0.6 is 22.9 Å². The van der Waals surface area contributed by atoms with E-state index in [9.17, 15) is 8.78 Å². The molecule has 1 aromatic heterocycles. The van der Waals surface area contributed by atoms with E-state index in [0.29, 0.717) is 10.2 Å². The number of nitrogens with zero attached hydrogens (tertiary/aromatic N) is 1. The van der Waals surface area contributed by atoms with Gasteiger partial charge in [0.1, 0.15) is 11.6 Å². The fraction of sp³-hybridized carbons (Fsp3) is 0. The van der Waals surface area contributed by atoms with Gasteiger partial charge in [-0.1, -0.05) is 22.9 Å². The van der Waals surface area contributed by atoms with Crippen LogP contribution in [-0.4, -0.2) is 4.98 Å². The molecule has 0 radical (unpaired) electrons. The molecule has 1 heterocycles. The van der Waals surface area contributed by atoms with Gasteiger partial charge in [0.15, 0.2) is 5.13 Å². The van der Waals surface area contributed by atoms with Gasteiger partial charge in [0, 0.05) is 11.1 Å². The van der Waals surface area contributed by atoms with Crippen molar-refractivity contribution in [3.63, 3.8) is 0 Å². The quantitative estimate of drug-likeness (QED) is 0.722. The van der Waals surface area contributed by atoms with E-state index in [-0.39, 0.29) is 5.69 Å². The number of fused-ring (bicyclic) bond motifs is 1. The Morgan fingerprint density at radius 1 is 1.11 bits per heavy atom. The monoisotopic (exact) mass is 296 g/mol. The van der Waals surface area contributed by atoms with E-state index in [4.69, 9.17) is 11.6 Å². The first-order valence-corrected chi connectivity index (χ1v) is 6.59. The Bertz CT molecular complexity index is 757. The third-order valence-corrected chi connectivity index (χ3v) is 3.69. The maximum Gasteiger partial charge on any atom is 0.188 e. The highest BCUT2D eigenvalue weighted by Gasteiger charge is 2.08. The molecule has 0 unspecified atom stereocenters. The lowest BCUT2D eigenvalue weighted by Crippen LogP contribution is -1.93. The van der Waals surface area contributed by atoms with Gasteiger partial charge < -0.3 is 5.32 Å². The number of rotatable bonds is 2. The zero-order chi connectivity index (χ0) is 13.4. The predicted molar refractivity (Wildman–Crippen MR) is 74.3 cm³/mol. The SMILES string of the molecule is Fc1ccc(F)c(Nc2nc3ccc(Cl)cc3s2)c1. The van der Waals surface area contributed by atoms with Gasteiger partial charge in [-0.05, 0) is 30.3 Å². The minimum atomic E-state index is -0.529. The fourth-order valence-electron chi connectivity index (χ4n) is 1.66. The summed E-state index contributed by atoms with van der Waals surface area (Å²) in [6.45, 7) is 0. The van der Waals surface area contributed by atoms with Gasteiger partial charge in [-0.3, -0.25) is 0 Å². The molecule has 0 aliphatic carbocycles. The molecule has 3 rings (SSSR count). The van der Waals surface area contributed by atoms with Crippen molar-refractivity contribution in [3.8, 4) is 0 Å². The molecule has 2 aromatic carbocycles. The van der Waals surface area contributed by atoms with Crippen LogP contribution in [0.3, 0.4) is 0 Å². The Morgan fingerprint density at radius 2 is 1.95 bits per heavy atom. The summed E-state index contributed by atoms with van der Waals surface area (Å²) in [5.41, 5.74) is 0.818. The van der Waals surface area contributed by atoms with Crippen molar-refractivity contribution in [2.45, 2.75) is 0 Å². The molecule has 0 fully saturated rings. The lowest BCUT2D eigenvalue weighted by molar-refractivity contribution is 0.603. The summed E-state index contributed by atoms with van der Waals surface area (Å²) >= 11 is 7.21. The molecule has 0 aliphatic rings. The second-order valence-corrected chi connectivity index (χ2v) is 5.35. The van der Waals surface area contributed by atoms with Crippen LogP contribution < -0.4 is 5.32 Å². The number of nitrogens with one attached hydrogen (secondary N) is 1. The lowest BCUT2D eigenvalue weighted by Gasteiger charge is -2.03. The molecular weight excluding hydrogens is 290 g/mol. The van der Waals surface area contributed by atoms with Crippen LogP contribution in [0.4, 0.5) is 19.6 Å². The Morgan fingerprint density at radius 3 is 2.79 bits per heavy atom. The van der Waals surface area contributed by atoms with Gasteiger partial charge in [0.2, 0.25) is 0 Å². The van der Waals surface area contributed by atoms with E-state index in [1.165, 1.54) is 11.3 Å². The first-order valence-electron chi connectivity index (χ1n) is 5.40. The van der Waals surface area contributed by atoms with Crippen LogP contribution in [0, 0.1) is 11.6 Å². The highest BCUT2D eigenvalue weighted by atomic mass is 35.5. The summed E-state index contributed by atoms with van der Waals surface area (Å²) in [6, 6.07) is 8.52. The van der Waals surface area contributed by atoms with Crippen LogP contribution in [0.15, 0.2) is 36.4 Å². The van der Waals surface area contributed by atoms with E-state index in [2.05, 4.69) is 10.3 Å². The number of hydrogen-bond acceptors (Lipinski definition) is 3. The molecule has 0 saturated carbocycles. The summed E-state index contributed by atoms with van der Waals surface area (Å²) in [5, 5.41) is 3.87. The van der Waals surface area contributed by atoms with Gasteiger partial charge >= 0.3 is 0 Å². The normalized spacial score (nSPS) is 10.9. The topological polar surface area (TPSA) is 24.9 Å². The Balaban J connectivity index is 1.98. The van der Waals surface area contributed by atoms with Crippen LogP contribution in [0.1, 0.15) is 0 Å². The number of anilines is 2. The summed E-state index contributed by atoms with van der Waals surface area (Å²) < 4.78 is 27.4. The summed E-state index contributed by atoms with van der Waals surface area (Å²) in [6.07, 6.45) is 0. The fourth-order valence-corrected chi connectivity index (χ4v) is 2.81. The first-order chi connectivity index (χ1) is 9.11. The van der Waals surface area contributed by atoms with Crippen LogP contribution in [0.5, 0.6) is 0 Å². The molecule has 0 amide bonds. The highest BCUT2D eigenvalue weighted by molar-refractivity contribution is 7.22. The maximum absolute atomic E-state index is 13.5. The summed E-state index contributed by atoms with van der Waals surface area (Å²) in [7, 11) is 0. The van der Waals surface area contributed by atoms with Crippen molar-refractivity contribution in [2.75, 3.05) is 5.32 Å². The van der Waals surface area contributed by atoms with Crippen molar-refractivity contribution in [3.05, 3.63) is 53.1 Å². The molecule has 0 spiro atoms. The molecule has 0 saturated heterocycles. The molecule has 1 N–H and O–H groups in total. The Kier molecular flexibility index (Phi) is 3.08. The van der Waals surface area contributed by atoms with Crippen LogP contribution in [0.2, 0.25) is 5.02 Å². The number of benzene rings is 2. The zero-order valence-electron chi connectivity index (χ0n) is 9.45. The van der Waals surface area contributed by atoms with Gasteiger partial charge in [0.25, 0.3) is 0 Å². The second kappa shape index (κ2) is 4.75. The van der Waals surface area contributed by atoms with E-state index in [1.807, 2.05) is 0 Å². The smallest absolute Gasteiger partial charge is 0.188 e. The average molecular weight is 297 g/mol. The third kappa shape index (κ3) is 2.52. The molecular formula is C13H7ClF2N2S. The molecule has 0 aliphatic heterocycles. The van der Waals surface area contributed by atoms with Crippen molar-refractivity contribution in [2.24, 2.45) is 0 Å². The molecule has 6 heteroatoms. The number of thiazole rings is 1. The first kappa shape index (κ1) is 12.3. The number of hydrogen-bond donors (Lipinski definition) is 1. The molecule has 96 valence electrons. The summed E-state index contributed by atoms with van der Waals surface area (Å²) in [5.74, 6) is -1.04. The van der Waals surface area contributed by atoms with Gasteiger partial charge in [0.05, 0.1) is 15.9 Å². The molecule has 3 aromatic rings. The second-order valence-electron chi connectivity index (χ2n) is 3.88. The van der Waals surface area contributed by atoms with Gasteiger partial charge in [-0.2, -0.15) is 0 Å². The van der Waals surface area contributed by atoms with E-state index in [0.717, 1.165) is 28.4 Å². The highest BCUT2D eigenvalue weighted by Crippen LogP contribution is 2.31. The van der Waals surface area contributed by atoms with Gasteiger partial charge in [-0.15, -0.1) is 0 Å². The zero-order valence-corrected chi connectivity index (χ0v) is 11.0. The van der Waals surface area contributed by atoms with Crippen LogP contribution in [-0.2, 0) is 0 Å². The third-order valence-electron chi connectivity index (χ3n) is 2.52. The van der Waals surface area contributed by atoms with E-state index >= 15 is 0 Å². The molecule has 0 atom stereocenters. The largest absolute Gasteiger partial charge is 0.329 e. The predicted octanol–water partition coefficient (Wildman–Crippen LogP) is 4.97. The molecule has 0 bridgehead atoms. The Labute approximate surface area is 116 Å². The van der Waals surface area contributed by atoms with Gasteiger partial charge in [-0.25, -0.2) is 13.8 Å². The Hall–Kier alpha value is -1.72. The average Bonchev–Trinajstić information content (AvgIpc) is 2.75. The van der Waals surface area contributed by atoms with Crippen molar-refractivity contribution in [1.82, 2.24) is 4.98 Å². The minimum Gasteiger partial charge on any atom is -0.329 e. The molecule has 19 heavy (non-hydrogen) atoms. The van der Waals surface area contributed by atoms with Crippen LogP contribution in [0.25, 0.3) is 10.2 Å². The standard InChI is InChI=1S/C13H7ClF2N2S/c14-7-1-4-10-12(5-7)19-13(17-10)18-11-6-8(15)2-3-9(11)16/h1-6H,(H,17,18). The van der Waals surface area contributed by atoms with E-state index in [1.54, 1.807) is 18.2 Å². The number of aromatic nitrogens is 1. The van der Waals surface area contributed by atoms with E-state index < -0.39 is 11.6 Å². The minimum absolute atomic E-state index is 0.0603. The number of halogens is 3. The maximum atomic E-state index is 13.5. The summed E-state index contributed by atoms with van der Waals surface area (Å²) in [4.78, 5) is 4.28. The molecule has 2 nitrogen and oxygen atoms in total. The van der Waals surface area contributed by atoms with Crippen molar-refractivity contribution < 1.29 is 8.78 Å². The lowest BCUT2D eigenvalue weighted by atomic mass is 10.3. The van der Waals surface area contributed by atoms with Crippen molar-refractivity contribution >= 4 is 44.0 Å².